The van der Waals surface area contributed by atoms with Crippen molar-refractivity contribution in [1.29, 1.82) is 0 Å². The molecule has 1 unspecified atom stereocenters. The summed E-state index contributed by atoms with van der Waals surface area (Å²) in [6.45, 7) is 5.59. The van der Waals surface area contributed by atoms with Gasteiger partial charge in [0.05, 0.1) is 0 Å². The lowest BCUT2D eigenvalue weighted by Crippen LogP contribution is -2.53. The maximum Gasteiger partial charge on any atom is 0.135 e. The van der Waals surface area contributed by atoms with Gasteiger partial charge in [0.15, 0.2) is 0 Å². The van der Waals surface area contributed by atoms with Crippen molar-refractivity contribution >= 4 is 5.78 Å². The topological polar surface area (TPSA) is 20.3 Å². The number of rotatable bonds is 1. The SMILES string of the molecule is CC1CC(=O)CCN1C1(C)CCCC1. The lowest BCUT2D eigenvalue weighted by atomic mass is 9.91. The molecule has 0 N–H and O–H groups in total. The highest BCUT2D eigenvalue weighted by atomic mass is 16.1. The molecule has 0 aromatic rings. The monoisotopic (exact) mass is 195 g/mol. The van der Waals surface area contributed by atoms with Gasteiger partial charge in [0.25, 0.3) is 0 Å². The molecule has 1 saturated heterocycles. The molecule has 2 rings (SSSR count). The summed E-state index contributed by atoms with van der Waals surface area (Å²) in [5.41, 5.74) is 0.403. The fourth-order valence-corrected chi connectivity index (χ4v) is 3.23. The Kier molecular flexibility index (Phi) is 2.65. The summed E-state index contributed by atoms with van der Waals surface area (Å²) in [7, 11) is 0. The van der Waals surface area contributed by atoms with Gasteiger partial charge < -0.3 is 0 Å². The van der Waals surface area contributed by atoms with Crippen LogP contribution in [0.3, 0.4) is 0 Å². The Morgan fingerprint density at radius 2 is 2.00 bits per heavy atom. The standard InChI is InChI=1S/C12H21NO/c1-10-9-11(14)5-8-13(10)12(2)6-3-4-7-12/h10H,3-9H2,1-2H3. The Morgan fingerprint density at radius 3 is 2.57 bits per heavy atom. The van der Waals surface area contributed by atoms with E-state index in [4.69, 9.17) is 0 Å². The first-order chi connectivity index (χ1) is 6.62. The van der Waals surface area contributed by atoms with Crippen LogP contribution in [-0.2, 0) is 4.79 Å². The molecular formula is C12H21NO. The van der Waals surface area contributed by atoms with Crippen molar-refractivity contribution in [3.8, 4) is 0 Å². The molecule has 1 aliphatic heterocycles. The summed E-state index contributed by atoms with van der Waals surface area (Å²) in [5.74, 6) is 0.454. The van der Waals surface area contributed by atoms with Crippen LogP contribution in [0, 0.1) is 0 Å². The molecular weight excluding hydrogens is 174 g/mol. The number of piperidine rings is 1. The summed E-state index contributed by atoms with van der Waals surface area (Å²) < 4.78 is 0. The lowest BCUT2D eigenvalue weighted by Gasteiger charge is -2.44. The number of likely N-dealkylation sites (tertiary alicyclic amines) is 1. The number of ketones is 1. The van der Waals surface area contributed by atoms with Gasteiger partial charge in [-0.3, -0.25) is 9.69 Å². The molecule has 1 saturated carbocycles. The van der Waals surface area contributed by atoms with Gasteiger partial charge in [-0.2, -0.15) is 0 Å². The van der Waals surface area contributed by atoms with Crippen LogP contribution in [0.15, 0.2) is 0 Å². The molecule has 2 nitrogen and oxygen atoms in total. The molecule has 80 valence electrons. The molecule has 0 aromatic heterocycles. The third-order valence-electron chi connectivity index (χ3n) is 4.06. The minimum Gasteiger partial charge on any atom is -0.300 e. The Bertz CT molecular complexity index is 230. The van der Waals surface area contributed by atoms with E-state index in [2.05, 4.69) is 18.7 Å². The zero-order valence-corrected chi connectivity index (χ0v) is 9.38. The molecule has 0 spiro atoms. The van der Waals surface area contributed by atoms with E-state index in [0.29, 0.717) is 17.4 Å². The van der Waals surface area contributed by atoms with Gasteiger partial charge >= 0.3 is 0 Å². The highest BCUT2D eigenvalue weighted by molar-refractivity contribution is 5.79. The predicted octanol–water partition coefficient (Wildman–Crippen LogP) is 2.37. The van der Waals surface area contributed by atoms with E-state index in [0.717, 1.165) is 19.4 Å². The minimum absolute atomic E-state index is 0.403. The van der Waals surface area contributed by atoms with Gasteiger partial charge in [-0.05, 0) is 26.7 Å². The van der Waals surface area contributed by atoms with Crippen molar-refractivity contribution in [2.45, 2.75) is 64.0 Å². The van der Waals surface area contributed by atoms with E-state index >= 15 is 0 Å². The fourth-order valence-electron chi connectivity index (χ4n) is 3.23. The molecule has 14 heavy (non-hydrogen) atoms. The van der Waals surface area contributed by atoms with Crippen LogP contribution in [-0.4, -0.2) is 28.8 Å². The normalized spacial score (nSPS) is 33.6. The van der Waals surface area contributed by atoms with Crippen molar-refractivity contribution in [2.75, 3.05) is 6.54 Å². The van der Waals surface area contributed by atoms with Crippen molar-refractivity contribution in [2.24, 2.45) is 0 Å². The zero-order valence-electron chi connectivity index (χ0n) is 9.38. The molecule has 2 heteroatoms. The van der Waals surface area contributed by atoms with E-state index in [-0.39, 0.29) is 0 Å². The average molecular weight is 195 g/mol. The van der Waals surface area contributed by atoms with Crippen molar-refractivity contribution in [1.82, 2.24) is 4.90 Å². The first-order valence-electron chi connectivity index (χ1n) is 5.90. The van der Waals surface area contributed by atoms with Gasteiger partial charge in [-0.15, -0.1) is 0 Å². The van der Waals surface area contributed by atoms with Crippen LogP contribution < -0.4 is 0 Å². The van der Waals surface area contributed by atoms with Crippen molar-refractivity contribution in [3.05, 3.63) is 0 Å². The maximum absolute atomic E-state index is 11.3. The minimum atomic E-state index is 0.403. The molecule has 0 aromatic carbocycles. The molecule has 1 heterocycles. The second kappa shape index (κ2) is 3.65. The molecule has 0 radical (unpaired) electrons. The van der Waals surface area contributed by atoms with Gasteiger partial charge in [0, 0.05) is 31.0 Å². The third kappa shape index (κ3) is 1.72. The molecule has 0 bridgehead atoms. The second-order valence-corrected chi connectivity index (χ2v) is 5.24. The van der Waals surface area contributed by atoms with Gasteiger partial charge in [0.1, 0.15) is 5.78 Å². The molecule has 1 atom stereocenters. The van der Waals surface area contributed by atoms with Crippen LogP contribution in [0.4, 0.5) is 0 Å². The van der Waals surface area contributed by atoms with Crippen molar-refractivity contribution in [3.63, 3.8) is 0 Å². The van der Waals surface area contributed by atoms with Gasteiger partial charge in [0.2, 0.25) is 0 Å². The molecule has 0 amide bonds. The number of hydrogen-bond donors (Lipinski definition) is 0. The van der Waals surface area contributed by atoms with E-state index in [1.807, 2.05) is 0 Å². The lowest BCUT2D eigenvalue weighted by molar-refractivity contribution is -0.124. The Labute approximate surface area is 86.7 Å². The molecule has 1 aliphatic carbocycles. The van der Waals surface area contributed by atoms with Crippen LogP contribution in [0.2, 0.25) is 0 Å². The summed E-state index contributed by atoms with van der Waals surface area (Å²) >= 11 is 0. The number of carbonyl (C=O) groups is 1. The van der Waals surface area contributed by atoms with Crippen LogP contribution >= 0.6 is 0 Å². The van der Waals surface area contributed by atoms with Gasteiger partial charge in [-0.1, -0.05) is 12.8 Å². The number of carbonyl (C=O) groups excluding carboxylic acids is 1. The third-order valence-corrected chi connectivity index (χ3v) is 4.06. The highest BCUT2D eigenvalue weighted by Gasteiger charge is 2.39. The first kappa shape index (κ1) is 10.2. The largest absolute Gasteiger partial charge is 0.300 e. The number of hydrogen-bond acceptors (Lipinski definition) is 2. The zero-order chi connectivity index (χ0) is 10.2. The molecule has 2 aliphatic rings. The second-order valence-electron chi connectivity index (χ2n) is 5.24. The van der Waals surface area contributed by atoms with E-state index in [1.54, 1.807) is 0 Å². The number of nitrogens with zero attached hydrogens (tertiary/aromatic N) is 1. The van der Waals surface area contributed by atoms with Crippen LogP contribution in [0.25, 0.3) is 0 Å². The Morgan fingerprint density at radius 1 is 1.36 bits per heavy atom. The highest BCUT2D eigenvalue weighted by Crippen LogP contribution is 2.37. The Balaban J connectivity index is 2.06. The fraction of sp³-hybridized carbons (Fsp3) is 0.917. The summed E-state index contributed by atoms with van der Waals surface area (Å²) in [4.78, 5) is 13.9. The van der Waals surface area contributed by atoms with E-state index < -0.39 is 0 Å². The first-order valence-corrected chi connectivity index (χ1v) is 5.90. The average Bonchev–Trinajstić information content (AvgIpc) is 2.52. The number of Topliss-reactive ketones (excluding diaryl/α,β-unsaturated/α-hetero) is 1. The summed E-state index contributed by atoms with van der Waals surface area (Å²) in [6, 6.07) is 0.472. The predicted molar refractivity (Wildman–Crippen MR) is 57.3 cm³/mol. The quantitative estimate of drug-likeness (QED) is 0.640. The summed E-state index contributed by atoms with van der Waals surface area (Å²) in [6.07, 6.45) is 6.94. The summed E-state index contributed by atoms with van der Waals surface area (Å²) in [5, 5.41) is 0. The van der Waals surface area contributed by atoms with E-state index in [9.17, 15) is 4.79 Å². The maximum atomic E-state index is 11.3. The molecule has 2 fully saturated rings. The van der Waals surface area contributed by atoms with Gasteiger partial charge in [-0.25, -0.2) is 0 Å². The van der Waals surface area contributed by atoms with Crippen molar-refractivity contribution < 1.29 is 4.79 Å². The Hall–Kier alpha value is -0.370. The van der Waals surface area contributed by atoms with Crippen LogP contribution in [0.1, 0.15) is 52.4 Å². The van der Waals surface area contributed by atoms with Crippen LogP contribution in [0.5, 0.6) is 0 Å². The van der Waals surface area contributed by atoms with E-state index in [1.165, 1.54) is 25.7 Å². The smallest absolute Gasteiger partial charge is 0.135 e.